The zero-order chi connectivity index (χ0) is 11.5. The minimum atomic E-state index is -0.949. The zero-order valence-electron chi connectivity index (χ0n) is 9.53. The van der Waals surface area contributed by atoms with E-state index < -0.39 is 11.5 Å². The number of hydrogen-bond donors (Lipinski definition) is 2. The van der Waals surface area contributed by atoms with Crippen LogP contribution in [0.4, 0.5) is 0 Å². The van der Waals surface area contributed by atoms with Crippen LogP contribution >= 0.6 is 11.8 Å². The molecule has 1 aliphatic rings. The van der Waals surface area contributed by atoms with Gasteiger partial charge in [-0.2, -0.15) is 11.8 Å². The Morgan fingerprint density at radius 1 is 1.67 bits per heavy atom. The van der Waals surface area contributed by atoms with E-state index in [1.165, 1.54) is 6.42 Å². The summed E-state index contributed by atoms with van der Waals surface area (Å²) in [5.41, 5.74) is 4.86. The number of carboxylic acids is 1. The van der Waals surface area contributed by atoms with E-state index in [0.29, 0.717) is 18.1 Å². The van der Waals surface area contributed by atoms with Crippen molar-refractivity contribution in [2.75, 3.05) is 5.75 Å². The van der Waals surface area contributed by atoms with Crippen LogP contribution in [0.1, 0.15) is 39.5 Å². The van der Waals surface area contributed by atoms with Gasteiger partial charge in [0.2, 0.25) is 0 Å². The van der Waals surface area contributed by atoms with E-state index in [1.807, 2.05) is 11.8 Å². The summed E-state index contributed by atoms with van der Waals surface area (Å²) >= 11 is 1.89. The minimum absolute atomic E-state index is 0.449. The third-order valence-corrected chi connectivity index (χ3v) is 4.32. The Bertz CT molecular complexity index is 233. The van der Waals surface area contributed by atoms with Crippen molar-refractivity contribution in [1.82, 2.24) is 0 Å². The van der Waals surface area contributed by atoms with Crippen LogP contribution < -0.4 is 5.73 Å². The van der Waals surface area contributed by atoms with E-state index in [0.717, 1.165) is 18.1 Å². The molecule has 0 radical (unpaired) electrons. The molecule has 3 nitrogen and oxygen atoms in total. The summed E-state index contributed by atoms with van der Waals surface area (Å²) in [6, 6.07) is 0. The van der Waals surface area contributed by atoms with Crippen molar-refractivity contribution in [2.45, 2.75) is 50.3 Å². The fourth-order valence-electron chi connectivity index (χ4n) is 1.84. The van der Waals surface area contributed by atoms with Crippen molar-refractivity contribution in [3.63, 3.8) is 0 Å². The first-order chi connectivity index (χ1) is 6.94. The molecular weight excluding hydrogens is 210 g/mol. The molecule has 15 heavy (non-hydrogen) atoms. The van der Waals surface area contributed by atoms with Gasteiger partial charge in [-0.1, -0.05) is 13.8 Å². The lowest BCUT2D eigenvalue weighted by Crippen LogP contribution is -2.45. The summed E-state index contributed by atoms with van der Waals surface area (Å²) in [4.78, 5) is 10.9. The highest BCUT2D eigenvalue weighted by Crippen LogP contribution is 2.36. The molecule has 2 unspecified atom stereocenters. The molecule has 4 heteroatoms. The summed E-state index contributed by atoms with van der Waals surface area (Å²) in [5, 5.41) is 9.42. The van der Waals surface area contributed by atoms with Gasteiger partial charge in [0, 0.05) is 5.25 Å². The molecule has 1 aliphatic carbocycles. The van der Waals surface area contributed by atoms with E-state index in [9.17, 15) is 4.79 Å². The quantitative estimate of drug-likeness (QED) is 0.760. The van der Waals surface area contributed by atoms with Gasteiger partial charge in [-0.05, 0) is 37.4 Å². The minimum Gasteiger partial charge on any atom is -0.480 e. The normalized spacial score (nSPS) is 31.1. The van der Waals surface area contributed by atoms with E-state index >= 15 is 0 Å². The van der Waals surface area contributed by atoms with Crippen LogP contribution in [0.3, 0.4) is 0 Å². The molecule has 0 spiro atoms. The SMILES string of the molecule is CC(C)CCSC1CCC(N)(C(=O)O)C1. The van der Waals surface area contributed by atoms with Crippen LogP contribution in [0.15, 0.2) is 0 Å². The molecule has 0 aromatic rings. The maximum Gasteiger partial charge on any atom is 0.323 e. The molecule has 88 valence electrons. The molecule has 1 fully saturated rings. The number of hydrogen-bond acceptors (Lipinski definition) is 3. The van der Waals surface area contributed by atoms with Gasteiger partial charge >= 0.3 is 5.97 Å². The molecular formula is C11H21NO2S. The first-order valence-corrected chi connectivity index (χ1v) is 6.63. The van der Waals surface area contributed by atoms with Gasteiger partial charge in [-0.15, -0.1) is 0 Å². The molecule has 0 aromatic carbocycles. The Kier molecular flexibility index (Phi) is 4.46. The Morgan fingerprint density at radius 2 is 2.33 bits per heavy atom. The second-order valence-electron chi connectivity index (χ2n) is 4.88. The molecule has 1 rings (SSSR count). The second kappa shape index (κ2) is 5.21. The average Bonchev–Trinajstić information content (AvgIpc) is 2.48. The second-order valence-corrected chi connectivity index (χ2v) is 6.29. The van der Waals surface area contributed by atoms with E-state index in [4.69, 9.17) is 10.8 Å². The van der Waals surface area contributed by atoms with Gasteiger partial charge in [0.05, 0.1) is 0 Å². The van der Waals surface area contributed by atoms with Crippen LogP contribution in [0.25, 0.3) is 0 Å². The highest BCUT2D eigenvalue weighted by molar-refractivity contribution is 7.99. The van der Waals surface area contributed by atoms with E-state index in [-0.39, 0.29) is 0 Å². The van der Waals surface area contributed by atoms with Crippen LogP contribution in [0.5, 0.6) is 0 Å². The number of carboxylic acid groups (broad SMARTS) is 1. The lowest BCUT2D eigenvalue weighted by atomic mass is 10.0. The summed E-state index contributed by atoms with van der Waals surface area (Å²) in [7, 11) is 0. The Balaban J connectivity index is 2.28. The number of aliphatic carboxylic acids is 1. The Labute approximate surface area is 95.8 Å². The molecule has 0 bridgehead atoms. The Morgan fingerprint density at radius 3 is 2.80 bits per heavy atom. The molecule has 0 aliphatic heterocycles. The summed E-state index contributed by atoms with van der Waals surface area (Å²) in [6.07, 6.45) is 3.41. The molecule has 1 saturated carbocycles. The number of carbonyl (C=O) groups is 1. The Hall–Kier alpha value is -0.220. The highest BCUT2D eigenvalue weighted by atomic mass is 32.2. The maximum absolute atomic E-state index is 10.9. The van der Waals surface area contributed by atoms with Gasteiger partial charge in [0.1, 0.15) is 5.54 Å². The first kappa shape index (κ1) is 12.8. The fourth-order valence-corrected chi connectivity index (χ4v) is 3.48. The summed E-state index contributed by atoms with van der Waals surface area (Å²) < 4.78 is 0. The third kappa shape index (κ3) is 3.68. The number of thioether (sulfide) groups is 1. The van der Waals surface area contributed by atoms with Crippen LogP contribution in [0.2, 0.25) is 0 Å². The van der Waals surface area contributed by atoms with Gasteiger partial charge in [0.25, 0.3) is 0 Å². The zero-order valence-corrected chi connectivity index (χ0v) is 10.3. The first-order valence-electron chi connectivity index (χ1n) is 5.58. The van der Waals surface area contributed by atoms with Gasteiger partial charge < -0.3 is 10.8 Å². The van der Waals surface area contributed by atoms with Gasteiger partial charge in [-0.3, -0.25) is 4.79 Å². The van der Waals surface area contributed by atoms with Crippen molar-refractivity contribution >= 4 is 17.7 Å². The average molecular weight is 231 g/mol. The number of nitrogens with two attached hydrogens (primary N) is 1. The molecule has 0 aromatic heterocycles. The van der Waals surface area contributed by atoms with Crippen LogP contribution in [-0.2, 0) is 4.79 Å². The lowest BCUT2D eigenvalue weighted by Gasteiger charge is -2.18. The topological polar surface area (TPSA) is 63.3 Å². The maximum atomic E-state index is 10.9. The van der Waals surface area contributed by atoms with Crippen molar-refractivity contribution in [3.05, 3.63) is 0 Å². The highest BCUT2D eigenvalue weighted by Gasteiger charge is 2.42. The predicted molar refractivity (Wildman–Crippen MR) is 64.1 cm³/mol. The number of rotatable bonds is 5. The van der Waals surface area contributed by atoms with Crippen molar-refractivity contribution in [2.24, 2.45) is 11.7 Å². The molecule has 0 heterocycles. The van der Waals surface area contributed by atoms with E-state index in [1.54, 1.807) is 0 Å². The van der Waals surface area contributed by atoms with Crippen molar-refractivity contribution in [1.29, 1.82) is 0 Å². The monoisotopic (exact) mass is 231 g/mol. The lowest BCUT2D eigenvalue weighted by molar-refractivity contribution is -0.143. The molecule has 2 atom stereocenters. The van der Waals surface area contributed by atoms with E-state index in [2.05, 4.69) is 13.8 Å². The largest absolute Gasteiger partial charge is 0.480 e. The smallest absolute Gasteiger partial charge is 0.323 e. The molecule has 0 amide bonds. The van der Waals surface area contributed by atoms with Crippen LogP contribution in [0, 0.1) is 5.92 Å². The van der Waals surface area contributed by atoms with Crippen LogP contribution in [-0.4, -0.2) is 27.6 Å². The summed E-state index contributed by atoms with van der Waals surface area (Å²) in [6.45, 7) is 4.42. The molecule has 0 saturated heterocycles. The fraction of sp³-hybridized carbons (Fsp3) is 0.909. The third-order valence-electron chi connectivity index (χ3n) is 2.98. The standard InChI is InChI=1S/C11H21NO2S/c1-8(2)4-6-15-9-3-5-11(12,7-9)10(13)14/h8-9H,3-7,12H2,1-2H3,(H,13,14). The van der Waals surface area contributed by atoms with Crippen molar-refractivity contribution < 1.29 is 9.90 Å². The summed E-state index contributed by atoms with van der Waals surface area (Å²) in [5.74, 6) is 1.01. The van der Waals surface area contributed by atoms with Gasteiger partial charge in [-0.25, -0.2) is 0 Å². The van der Waals surface area contributed by atoms with Crippen molar-refractivity contribution in [3.8, 4) is 0 Å². The molecule has 3 N–H and O–H groups in total. The predicted octanol–water partition coefficient (Wildman–Crippen LogP) is 2.10. The van der Waals surface area contributed by atoms with Gasteiger partial charge in [0.15, 0.2) is 0 Å².